The molecule has 212 valence electrons. The number of fused-ring (bicyclic) bond motifs is 2. The molecule has 4 heterocycles. The van der Waals surface area contributed by atoms with Crippen LogP contribution in [-0.4, -0.2) is 67.6 Å². The van der Waals surface area contributed by atoms with Crippen molar-refractivity contribution in [2.24, 2.45) is 5.16 Å². The molecule has 41 heavy (non-hydrogen) atoms. The van der Waals surface area contributed by atoms with E-state index in [0.29, 0.717) is 19.9 Å². The van der Waals surface area contributed by atoms with E-state index in [-0.39, 0.29) is 39.2 Å². The van der Waals surface area contributed by atoms with Gasteiger partial charge in [-0.05, 0) is 35.3 Å². The highest BCUT2D eigenvalue weighted by Gasteiger charge is 2.54. The molecule has 17 heteroatoms. The average molecular weight is 636 g/mol. The number of carbonyl (C=O) groups is 3. The van der Waals surface area contributed by atoms with Crippen molar-refractivity contribution in [2.75, 3.05) is 18.3 Å². The Hall–Kier alpha value is -3.93. The second kappa shape index (κ2) is 11.9. The number of carboxylic acid groups (broad SMARTS) is 1. The molecule has 1 fully saturated rings. The van der Waals surface area contributed by atoms with E-state index in [0.717, 1.165) is 16.2 Å². The SMILES string of the molecule is Nc1nc(/C(=N/OCF)C(=O)NC2C(=O)N3C(C(=O)O)=C(/C=C/Sc4cc(=O)c5ccc(O)cc5s4)CS[C@H]23)cs1. The van der Waals surface area contributed by atoms with Crippen molar-refractivity contribution in [2.45, 2.75) is 15.6 Å². The van der Waals surface area contributed by atoms with Gasteiger partial charge in [0.2, 0.25) is 0 Å². The first-order valence-corrected chi connectivity index (χ1v) is 15.1. The lowest BCUT2D eigenvalue weighted by atomic mass is 10.0. The number of carboxylic acids is 1. The maximum Gasteiger partial charge on any atom is 0.352 e. The van der Waals surface area contributed by atoms with Gasteiger partial charge in [0.15, 0.2) is 16.3 Å². The highest BCUT2D eigenvalue weighted by molar-refractivity contribution is 8.04. The topological polar surface area (TPSA) is 185 Å². The van der Waals surface area contributed by atoms with E-state index >= 15 is 0 Å². The van der Waals surface area contributed by atoms with Gasteiger partial charge in [-0.2, -0.15) is 0 Å². The Morgan fingerprint density at radius 3 is 2.85 bits per heavy atom. The summed E-state index contributed by atoms with van der Waals surface area (Å²) in [6, 6.07) is 4.87. The number of halogens is 1. The molecule has 3 aromatic rings. The number of aromatic hydroxyl groups is 1. The van der Waals surface area contributed by atoms with Crippen molar-refractivity contribution < 1.29 is 33.8 Å². The highest BCUT2D eigenvalue weighted by Crippen LogP contribution is 2.41. The number of nitrogens with zero attached hydrogens (tertiary/aromatic N) is 3. The van der Waals surface area contributed by atoms with Crippen molar-refractivity contribution in [3.8, 4) is 5.75 Å². The highest BCUT2D eigenvalue weighted by atomic mass is 32.2. The normalized spacial score (nSPS) is 18.9. The van der Waals surface area contributed by atoms with Gasteiger partial charge < -0.3 is 26.1 Å². The number of nitrogens with two attached hydrogens (primary N) is 1. The van der Waals surface area contributed by atoms with Gasteiger partial charge >= 0.3 is 5.97 Å². The number of alkyl halides is 1. The number of hydrogen-bond donors (Lipinski definition) is 4. The van der Waals surface area contributed by atoms with E-state index in [1.165, 1.54) is 58.4 Å². The van der Waals surface area contributed by atoms with Crippen LogP contribution in [0.2, 0.25) is 0 Å². The molecule has 0 saturated carbocycles. The molecule has 0 radical (unpaired) electrons. The minimum Gasteiger partial charge on any atom is -0.508 e. The largest absolute Gasteiger partial charge is 0.508 e. The van der Waals surface area contributed by atoms with Crippen LogP contribution >= 0.6 is 46.2 Å². The van der Waals surface area contributed by atoms with Crippen LogP contribution in [0.1, 0.15) is 5.69 Å². The van der Waals surface area contributed by atoms with Gasteiger partial charge in [0, 0.05) is 27.3 Å². The number of allylic oxidation sites excluding steroid dienone is 1. The summed E-state index contributed by atoms with van der Waals surface area (Å²) in [6.07, 6.45) is 1.56. The number of β-lactam (4-membered cyclic amide) rings is 1. The van der Waals surface area contributed by atoms with E-state index in [1.807, 2.05) is 0 Å². The zero-order chi connectivity index (χ0) is 29.3. The van der Waals surface area contributed by atoms with Gasteiger partial charge in [-0.15, -0.1) is 34.4 Å². The number of aromatic nitrogens is 1. The fourth-order valence-corrected chi connectivity index (χ4v) is 7.91. The summed E-state index contributed by atoms with van der Waals surface area (Å²) >= 11 is 4.76. The lowest BCUT2D eigenvalue weighted by Crippen LogP contribution is -2.71. The number of phenols is 1. The number of amides is 2. The number of thioether (sulfide) groups is 2. The molecule has 0 bridgehead atoms. The Kier molecular flexibility index (Phi) is 8.30. The summed E-state index contributed by atoms with van der Waals surface area (Å²) in [5, 5.41) is 28.5. The third-order valence-corrected chi connectivity index (χ3v) is 9.83. The quantitative estimate of drug-likeness (QED) is 0.117. The van der Waals surface area contributed by atoms with E-state index in [2.05, 4.69) is 20.3 Å². The molecule has 0 spiro atoms. The minimum absolute atomic E-state index is 0.0302. The molecule has 5 rings (SSSR count). The van der Waals surface area contributed by atoms with Gasteiger partial charge in [-0.25, -0.2) is 14.2 Å². The number of phenolic OH excluding ortho intramolecular Hbond substituents is 1. The molecule has 1 aromatic carbocycles. The monoisotopic (exact) mass is 635 g/mol. The molecule has 1 saturated heterocycles. The first-order valence-electron chi connectivity index (χ1n) is 11.5. The molecule has 2 aliphatic rings. The zero-order valence-corrected chi connectivity index (χ0v) is 23.7. The van der Waals surface area contributed by atoms with Gasteiger partial charge in [0.05, 0.1) is 4.21 Å². The number of hydrogen-bond acceptors (Lipinski definition) is 13. The number of carbonyl (C=O) groups excluding carboxylic acids is 2. The summed E-state index contributed by atoms with van der Waals surface area (Å²) in [4.78, 5) is 59.9. The van der Waals surface area contributed by atoms with Crippen molar-refractivity contribution >= 4 is 84.9 Å². The van der Waals surface area contributed by atoms with Crippen molar-refractivity contribution in [1.82, 2.24) is 15.2 Å². The first kappa shape index (κ1) is 28.6. The Bertz CT molecular complexity index is 1720. The van der Waals surface area contributed by atoms with E-state index in [9.17, 15) is 33.8 Å². The molecule has 2 atom stereocenters. The molecule has 12 nitrogen and oxygen atoms in total. The second-order valence-electron chi connectivity index (χ2n) is 8.32. The molecule has 2 amide bonds. The Morgan fingerprint density at radius 2 is 2.15 bits per heavy atom. The Labute approximate surface area is 246 Å². The van der Waals surface area contributed by atoms with Crippen LogP contribution in [0.3, 0.4) is 0 Å². The minimum atomic E-state index is -1.32. The molecule has 2 aromatic heterocycles. The van der Waals surface area contributed by atoms with Crippen LogP contribution in [0.25, 0.3) is 10.1 Å². The van der Waals surface area contributed by atoms with Crippen LogP contribution in [0.4, 0.5) is 9.52 Å². The summed E-state index contributed by atoms with van der Waals surface area (Å²) in [7, 11) is 0. The van der Waals surface area contributed by atoms with E-state index < -0.39 is 36.1 Å². The van der Waals surface area contributed by atoms with Crippen LogP contribution in [-0.2, 0) is 19.2 Å². The number of benzene rings is 1. The van der Waals surface area contributed by atoms with Crippen LogP contribution in [0, 0.1) is 0 Å². The molecule has 1 unspecified atom stereocenters. The number of nitrogen functional groups attached to an aromatic ring is 1. The van der Waals surface area contributed by atoms with Crippen molar-refractivity contribution in [1.29, 1.82) is 0 Å². The van der Waals surface area contributed by atoms with Crippen molar-refractivity contribution in [3.05, 3.63) is 68.3 Å². The lowest BCUT2D eigenvalue weighted by molar-refractivity contribution is -0.150. The van der Waals surface area contributed by atoms with Gasteiger partial charge in [0.1, 0.15) is 28.6 Å². The fraction of sp³-hybridized carbons (Fsp3) is 0.167. The Balaban J connectivity index is 1.32. The predicted molar refractivity (Wildman–Crippen MR) is 155 cm³/mol. The molecule has 5 N–H and O–H groups in total. The number of thiazole rings is 1. The van der Waals surface area contributed by atoms with Gasteiger partial charge in [0.25, 0.3) is 18.7 Å². The number of nitrogens with one attached hydrogen (secondary N) is 1. The summed E-state index contributed by atoms with van der Waals surface area (Å²) in [5.74, 6) is -2.58. The molecule has 2 aliphatic heterocycles. The third kappa shape index (κ3) is 5.79. The predicted octanol–water partition coefficient (Wildman–Crippen LogP) is 2.70. The third-order valence-electron chi connectivity index (χ3n) is 5.81. The second-order valence-corrected chi connectivity index (χ2v) is 12.6. The standard InChI is InChI=1S/C24H18FN5O7S4/c25-9-37-29-17(13-8-40-24(26)27-13)20(33)28-18-21(34)30-19(23(35)36)10(7-39-22(18)30)3-4-38-16-6-14(32)12-2-1-11(31)5-15(12)41-16/h1-6,8,18,22,31H,7,9H2,(H2,26,27)(H,28,33)(H,35,36)/b4-3+,29-17-/t18?,22-/m1/s1. The summed E-state index contributed by atoms with van der Waals surface area (Å²) in [5.41, 5.74) is 5.18. The molecular weight excluding hydrogens is 618 g/mol. The fourth-order valence-electron chi connectivity index (χ4n) is 4.03. The zero-order valence-electron chi connectivity index (χ0n) is 20.5. The Morgan fingerprint density at radius 1 is 1.34 bits per heavy atom. The van der Waals surface area contributed by atoms with Crippen molar-refractivity contribution in [3.63, 3.8) is 0 Å². The van der Waals surface area contributed by atoms with Gasteiger partial charge in [-0.3, -0.25) is 19.3 Å². The number of aliphatic carboxylic acids is 1. The lowest BCUT2D eigenvalue weighted by Gasteiger charge is -2.49. The number of rotatable bonds is 9. The average Bonchev–Trinajstić information content (AvgIpc) is 3.36. The first-order chi connectivity index (χ1) is 19.7. The van der Waals surface area contributed by atoms with Gasteiger partial charge in [-0.1, -0.05) is 16.9 Å². The maximum absolute atomic E-state index is 13.0. The molecule has 0 aliphatic carbocycles. The van der Waals surface area contributed by atoms with Crippen LogP contribution in [0.15, 0.2) is 66.6 Å². The molecular formula is C24H18FN5O7S4. The summed E-state index contributed by atoms with van der Waals surface area (Å²) < 4.78 is 13.8. The van der Waals surface area contributed by atoms with Crippen LogP contribution in [0.5, 0.6) is 5.75 Å². The van der Waals surface area contributed by atoms with Crippen LogP contribution < -0.4 is 16.5 Å². The van der Waals surface area contributed by atoms with E-state index in [4.69, 9.17) is 5.73 Å². The number of oxime groups is 1. The number of anilines is 1. The maximum atomic E-state index is 13.0. The summed E-state index contributed by atoms with van der Waals surface area (Å²) in [6.45, 7) is -1.30. The smallest absolute Gasteiger partial charge is 0.352 e. The van der Waals surface area contributed by atoms with E-state index in [1.54, 1.807) is 17.6 Å².